The summed E-state index contributed by atoms with van der Waals surface area (Å²) in [5, 5.41) is 29.8. The molecule has 0 heterocycles. The minimum atomic E-state index is -1.18. The largest absolute Gasteiger partial charge is 0.478 e. The number of aryl methyl sites for hydroxylation is 1. The molecule has 122 valence electrons. The smallest absolute Gasteiger partial charge is 0.336 e. The summed E-state index contributed by atoms with van der Waals surface area (Å²) in [4.78, 5) is 23.5. The van der Waals surface area contributed by atoms with Crippen LogP contribution >= 0.6 is 0 Å². The maximum absolute atomic E-state index is 12.3. The highest BCUT2D eigenvalue weighted by molar-refractivity contribution is 6.10. The molecule has 0 bridgehead atoms. The summed E-state index contributed by atoms with van der Waals surface area (Å²) in [7, 11) is 0. The van der Waals surface area contributed by atoms with Crippen LogP contribution in [0.5, 0.6) is 0 Å². The van der Waals surface area contributed by atoms with Crippen LogP contribution in [0.15, 0.2) is 42.5 Å². The van der Waals surface area contributed by atoms with Gasteiger partial charge in [-0.2, -0.15) is 5.26 Å². The molecule has 6 nitrogen and oxygen atoms in total. The second-order valence-corrected chi connectivity index (χ2v) is 5.12. The van der Waals surface area contributed by atoms with Gasteiger partial charge in [-0.25, -0.2) is 4.79 Å². The molecule has 24 heavy (non-hydrogen) atoms. The zero-order valence-electron chi connectivity index (χ0n) is 12.8. The summed E-state index contributed by atoms with van der Waals surface area (Å²) >= 11 is 0. The molecule has 0 radical (unpaired) electrons. The van der Waals surface area contributed by atoms with E-state index in [0.29, 0.717) is 24.1 Å². The predicted molar refractivity (Wildman–Crippen MR) is 87.9 cm³/mol. The number of carbonyl (C=O) groups is 2. The van der Waals surface area contributed by atoms with Crippen LogP contribution in [0.3, 0.4) is 0 Å². The molecule has 1 amide bonds. The number of rotatable bonds is 6. The van der Waals surface area contributed by atoms with Gasteiger partial charge in [0.25, 0.3) is 5.91 Å². The molecule has 2 aromatic carbocycles. The lowest BCUT2D eigenvalue weighted by Gasteiger charge is -2.10. The van der Waals surface area contributed by atoms with Gasteiger partial charge in [0, 0.05) is 12.3 Å². The van der Waals surface area contributed by atoms with E-state index in [1.165, 1.54) is 18.2 Å². The topological polar surface area (TPSA) is 110 Å². The van der Waals surface area contributed by atoms with E-state index in [-0.39, 0.29) is 17.7 Å². The SMILES string of the molecule is N#Cc1cc(NC(=O)c2ccccc2C(=O)O)ccc1CCCO. The fourth-order valence-corrected chi connectivity index (χ4v) is 2.31. The highest BCUT2D eigenvalue weighted by Gasteiger charge is 2.16. The summed E-state index contributed by atoms with van der Waals surface area (Å²) in [6.07, 6.45) is 1.11. The van der Waals surface area contributed by atoms with Crippen molar-refractivity contribution in [2.45, 2.75) is 12.8 Å². The first kappa shape index (κ1) is 17.2. The van der Waals surface area contributed by atoms with Gasteiger partial charge in [0.1, 0.15) is 0 Å². The van der Waals surface area contributed by atoms with Crippen LogP contribution in [0.1, 0.15) is 38.3 Å². The van der Waals surface area contributed by atoms with Gasteiger partial charge in [-0.15, -0.1) is 0 Å². The molecule has 0 aromatic heterocycles. The third-order valence-electron chi connectivity index (χ3n) is 3.49. The van der Waals surface area contributed by atoms with Crippen molar-refractivity contribution in [2.24, 2.45) is 0 Å². The van der Waals surface area contributed by atoms with Gasteiger partial charge < -0.3 is 15.5 Å². The monoisotopic (exact) mass is 324 g/mol. The number of nitrogens with zero attached hydrogens (tertiary/aromatic N) is 1. The van der Waals surface area contributed by atoms with Gasteiger partial charge in [-0.3, -0.25) is 4.79 Å². The van der Waals surface area contributed by atoms with Crippen LogP contribution < -0.4 is 5.32 Å². The zero-order chi connectivity index (χ0) is 17.5. The molecule has 0 unspecified atom stereocenters. The molecule has 0 spiro atoms. The van der Waals surface area contributed by atoms with E-state index in [9.17, 15) is 14.9 Å². The van der Waals surface area contributed by atoms with Crippen molar-refractivity contribution in [3.63, 3.8) is 0 Å². The van der Waals surface area contributed by atoms with Crippen molar-refractivity contribution in [3.05, 3.63) is 64.7 Å². The third-order valence-corrected chi connectivity index (χ3v) is 3.49. The van der Waals surface area contributed by atoms with Crippen LogP contribution in [-0.4, -0.2) is 28.7 Å². The standard InChI is InChI=1S/C18H16N2O4/c19-11-13-10-14(8-7-12(13)4-3-9-21)20-17(22)15-5-1-2-6-16(15)18(23)24/h1-2,5-8,10,21H,3-4,9H2,(H,20,22)(H,23,24). The Bertz CT molecular complexity index is 809. The Morgan fingerprint density at radius 1 is 1.12 bits per heavy atom. The maximum atomic E-state index is 12.3. The average molecular weight is 324 g/mol. The minimum Gasteiger partial charge on any atom is -0.478 e. The Balaban J connectivity index is 2.24. The zero-order valence-corrected chi connectivity index (χ0v) is 12.8. The summed E-state index contributed by atoms with van der Waals surface area (Å²) in [5.41, 5.74) is 1.57. The lowest BCUT2D eigenvalue weighted by atomic mass is 10.0. The Morgan fingerprint density at radius 3 is 2.46 bits per heavy atom. The number of hydrogen-bond acceptors (Lipinski definition) is 4. The molecule has 0 aliphatic heterocycles. The van der Waals surface area contributed by atoms with Gasteiger partial charge in [-0.05, 0) is 42.7 Å². The van der Waals surface area contributed by atoms with Crippen LogP contribution in [0, 0.1) is 11.3 Å². The molecule has 2 rings (SSSR count). The lowest BCUT2D eigenvalue weighted by molar-refractivity contribution is 0.0692. The normalized spacial score (nSPS) is 10.0. The Morgan fingerprint density at radius 2 is 1.83 bits per heavy atom. The predicted octanol–water partition coefficient (Wildman–Crippen LogP) is 2.43. The van der Waals surface area contributed by atoms with Crippen LogP contribution in [-0.2, 0) is 6.42 Å². The van der Waals surface area contributed by atoms with Gasteiger partial charge >= 0.3 is 5.97 Å². The van der Waals surface area contributed by atoms with E-state index >= 15 is 0 Å². The fourth-order valence-electron chi connectivity index (χ4n) is 2.31. The number of hydrogen-bond donors (Lipinski definition) is 3. The molecular formula is C18H16N2O4. The van der Waals surface area contributed by atoms with Crippen molar-refractivity contribution < 1.29 is 19.8 Å². The molecule has 0 saturated heterocycles. The minimum absolute atomic E-state index is 0.0370. The van der Waals surface area contributed by atoms with Crippen molar-refractivity contribution >= 4 is 17.6 Å². The average Bonchev–Trinajstić information content (AvgIpc) is 2.60. The number of benzene rings is 2. The number of aliphatic hydroxyl groups is 1. The number of nitriles is 1. The number of anilines is 1. The Kier molecular flexibility index (Phi) is 5.66. The number of aromatic carboxylic acids is 1. The van der Waals surface area contributed by atoms with Gasteiger partial charge in [0.05, 0.1) is 22.8 Å². The summed E-state index contributed by atoms with van der Waals surface area (Å²) in [6.45, 7) is 0.0370. The quantitative estimate of drug-likeness (QED) is 0.756. The molecule has 6 heteroatoms. The molecule has 0 atom stereocenters. The van der Waals surface area contributed by atoms with Gasteiger partial charge in [-0.1, -0.05) is 18.2 Å². The Labute approximate surface area is 139 Å². The first-order valence-corrected chi connectivity index (χ1v) is 7.34. The molecule has 3 N–H and O–H groups in total. The van der Waals surface area contributed by atoms with E-state index in [4.69, 9.17) is 10.2 Å². The lowest BCUT2D eigenvalue weighted by Crippen LogP contribution is -2.16. The second-order valence-electron chi connectivity index (χ2n) is 5.12. The van der Waals surface area contributed by atoms with E-state index in [1.807, 2.05) is 0 Å². The van der Waals surface area contributed by atoms with E-state index in [0.717, 1.165) is 5.56 Å². The molecule has 2 aromatic rings. The number of carboxylic acids is 1. The third kappa shape index (κ3) is 3.97. The number of carboxylic acid groups (broad SMARTS) is 1. The summed E-state index contributed by atoms with van der Waals surface area (Å²) in [5.74, 6) is -1.74. The molecule has 0 aliphatic carbocycles. The highest BCUT2D eigenvalue weighted by atomic mass is 16.4. The first-order chi connectivity index (χ1) is 11.6. The van der Waals surface area contributed by atoms with Gasteiger partial charge in [0.2, 0.25) is 0 Å². The van der Waals surface area contributed by atoms with Crippen LogP contribution in [0.25, 0.3) is 0 Å². The van der Waals surface area contributed by atoms with Crippen LogP contribution in [0.4, 0.5) is 5.69 Å². The fraction of sp³-hybridized carbons (Fsp3) is 0.167. The van der Waals surface area contributed by atoms with Gasteiger partial charge in [0.15, 0.2) is 0 Å². The van der Waals surface area contributed by atoms with E-state index in [2.05, 4.69) is 11.4 Å². The highest BCUT2D eigenvalue weighted by Crippen LogP contribution is 2.18. The van der Waals surface area contributed by atoms with Crippen molar-refractivity contribution in [1.82, 2.24) is 0 Å². The number of carbonyl (C=O) groups excluding carboxylic acids is 1. The first-order valence-electron chi connectivity index (χ1n) is 7.34. The number of aliphatic hydroxyl groups excluding tert-OH is 1. The molecule has 0 saturated carbocycles. The number of amides is 1. The maximum Gasteiger partial charge on any atom is 0.336 e. The second kappa shape index (κ2) is 7.90. The molecular weight excluding hydrogens is 308 g/mol. The summed E-state index contributed by atoms with van der Waals surface area (Å²) in [6, 6.07) is 12.9. The summed E-state index contributed by atoms with van der Waals surface area (Å²) < 4.78 is 0. The van der Waals surface area contributed by atoms with E-state index < -0.39 is 11.9 Å². The van der Waals surface area contributed by atoms with Crippen molar-refractivity contribution in [1.29, 1.82) is 5.26 Å². The van der Waals surface area contributed by atoms with Crippen molar-refractivity contribution in [3.8, 4) is 6.07 Å². The Hall–Kier alpha value is -3.17. The van der Waals surface area contributed by atoms with E-state index in [1.54, 1.807) is 24.3 Å². The molecule has 0 fully saturated rings. The van der Waals surface area contributed by atoms with Crippen molar-refractivity contribution in [2.75, 3.05) is 11.9 Å². The van der Waals surface area contributed by atoms with Crippen LogP contribution in [0.2, 0.25) is 0 Å². The molecule has 0 aliphatic rings. The number of nitrogens with one attached hydrogen (secondary N) is 1.